The fourth-order valence-corrected chi connectivity index (χ4v) is 2.50. The molecule has 1 atom stereocenters. The quantitative estimate of drug-likeness (QED) is 0.616. The third-order valence-corrected chi connectivity index (χ3v) is 3.81. The maximum absolute atomic E-state index is 12.3. The summed E-state index contributed by atoms with van der Waals surface area (Å²) in [4.78, 5) is 23.9. The highest BCUT2D eigenvalue weighted by atomic mass is 16.5. The number of ether oxygens (including phenoxy) is 1. The van der Waals surface area contributed by atoms with Crippen molar-refractivity contribution in [3.63, 3.8) is 0 Å². The van der Waals surface area contributed by atoms with Gasteiger partial charge in [0.1, 0.15) is 5.57 Å². The van der Waals surface area contributed by atoms with E-state index in [1.54, 1.807) is 6.92 Å². The van der Waals surface area contributed by atoms with E-state index in [9.17, 15) is 9.59 Å². The Labute approximate surface area is 113 Å². The predicted octanol–water partition coefficient (Wildman–Crippen LogP) is 2.70. The summed E-state index contributed by atoms with van der Waals surface area (Å²) in [5, 5.41) is 0. The van der Waals surface area contributed by atoms with Crippen LogP contribution in [0.5, 0.6) is 0 Å². The maximum atomic E-state index is 12.3. The Bertz CT molecular complexity index is 542. The van der Waals surface area contributed by atoms with Crippen LogP contribution in [-0.4, -0.2) is 18.4 Å². The molecular formula is C16H18O3. The van der Waals surface area contributed by atoms with Gasteiger partial charge in [-0.15, -0.1) is 0 Å². The van der Waals surface area contributed by atoms with E-state index in [1.807, 2.05) is 44.2 Å². The normalized spacial score (nSPS) is 22.2. The molecule has 1 aromatic carbocycles. The van der Waals surface area contributed by atoms with Crippen molar-refractivity contribution < 1.29 is 14.3 Å². The number of hydrogen-bond donors (Lipinski definition) is 0. The molecule has 0 bridgehead atoms. The lowest BCUT2D eigenvalue weighted by Gasteiger charge is -2.39. The molecule has 19 heavy (non-hydrogen) atoms. The van der Waals surface area contributed by atoms with Crippen LogP contribution in [0.3, 0.4) is 0 Å². The van der Waals surface area contributed by atoms with Crippen LogP contribution in [0.15, 0.2) is 41.5 Å². The van der Waals surface area contributed by atoms with E-state index in [-0.39, 0.29) is 18.0 Å². The highest BCUT2D eigenvalue weighted by molar-refractivity contribution is 6.26. The molecule has 0 saturated carbocycles. The van der Waals surface area contributed by atoms with Crippen LogP contribution in [0.1, 0.15) is 26.3 Å². The molecule has 0 heterocycles. The molecule has 0 aromatic heterocycles. The molecule has 0 radical (unpaired) electrons. The Morgan fingerprint density at radius 1 is 1.26 bits per heavy atom. The summed E-state index contributed by atoms with van der Waals surface area (Å²) in [6, 6.07) is 9.84. The molecule has 1 aliphatic carbocycles. The van der Waals surface area contributed by atoms with Crippen molar-refractivity contribution in [2.24, 2.45) is 5.41 Å². The second-order valence-corrected chi connectivity index (χ2v) is 5.04. The van der Waals surface area contributed by atoms with E-state index >= 15 is 0 Å². The zero-order valence-corrected chi connectivity index (χ0v) is 11.5. The van der Waals surface area contributed by atoms with Crippen molar-refractivity contribution >= 4 is 11.8 Å². The van der Waals surface area contributed by atoms with Gasteiger partial charge in [0.05, 0.1) is 12.0 Å². The van der Waals surface area contributed by atoms with Gasteiger partial charge < -0.3 is 4.74 Å². The number of ketones is 1. The summed E-state index contributed by atoms with van der Waals surface area (Å²) in [5.41, 5.74) is 1.60. The molecule has 1 aliphatic rings. The van der Waals surface area contributed by atoms with Crippen LogP contribution in [0.4, 0.5) is 0 Å². The maximum Gasteiger partial charge on any atom is 0.341 e. The Morgan fingerprint density at radius 3 is 2.42 bits per heavy atom. The fourth-order valence-electron chi connectivity index (χ4n) is 2.50. The number of benzene rings is 1. The summed E-state index contributed by atoms with van der Waals surface area (Å²) in [5.74, 6) is -0.595. The molecule has 0 spiro atoms. The summed E-state index contributed by atoms with van der Waals surface area (Å²) in [7, 11) is 0. The molecular weight excluding hydrogens is 240 g/mol. The summed E-state index contributed by atoms with van der Waals surface area (Å²) < 4.78 is 4.91. The summed E-state index contributed by atoms with van der Waals surface area (Å²) in [6.45, 7) is 5.76. The highest BCUT2D eigenvalue weighted by Gasteiger charge is 2.50. The van der Waals surface area contributed by atoms with E-state index in [1.165, 1.54) is 0 Å². The minimum Gasteiger partial charge on any atom is -0.462 e. The predicted molar refractivity (Wildman–Crippen MR) is 72.6 cm³/mol. The first-order chi connectivity index (χ1) is 9.00. The van der Waals surface area contributed by atoms with Crippen LogP contribution >= 0.6 is 0 Å². The van der Waals surface area contributed by atoms with E-state index in [4.69, 9.17) is 4.74 Å². The van der Waals surface area contributed by atoms with Gasteiger partial charge in [0.15, 0.2) is 5.78 Å². The van der Waals surface area contributed by atoms with Crippen LogP contribution in [0.25, 0.3) is 0 Å². The number of allylic oxidation sites excluding steroid dienone is 1. The van der Waals surface area contributed by atoms with Gasteiger partial charge in [-0.2, -0.15) is 0 Å². The first-order valence-electron chi connectivity index (χ1n) is 6.48. The SMILES string of the molecule is CCOC(=O)C1=C(C)C(C)(Cc2ccccc2)C1=O. The van der Waals surface area contributed by atoms with E-state index in [2.05, 4.69) is 0 Å². The zero-order valence-electron chi connectivity index (χ0n) is 11.5. The Kier molecular flexibility index (Phi) is 3.56. The van der Waals surface area contributed by atoms with Crippen molar-refractivity contribution in [2.45, 2.75) is 27.2 Å². The van der Waals surface area contributed by atoms with Crippen molar-refractivity contribution in [3.8, 4) is 0 Å². The fraction of sp³-hybridized carbons (Fsp3) is 0.375. The standard InChI is InChI=1S/C16H18O3/c1-4-19-15(18)13-11(2)16(3,14(13)17)10-12-8-6-5-7-9-12/h5-9H,4,10H2,1-3H3. The number of Topliss-reactive ketones (excluding diaryl/α,β-unsaturated/α-hetero) is 1. The number of carbonyl (C=O) groups excluding carboxylic acids is 2. The Morgan fingerprint density at radius 2 is 1.89 bits per heavy atom. The minimum atomic E-state index is -0.566. The van der Waals surface area contributed by atoms with Gasteiger partial charge in [0, 0.05) is 0 Å². The third kappa shape index (κ3) is 2.21. The largest absolute Gasteiger partial charge is 0.462 e. The molecule has 0 amide bonds. The second kappa shape index (κ2) is 5.00. The van der Waals surface area contributed by atoms with Crippen LogP contribution in [0, 0.1) is 5.41 Å². The van der Waals surface area contributed by atoms with Gasteiger partial charge in [-0.05, 0) is 38.3 Å². The van der Waals surface area contributed by atoms with Gasteiger partial charge in [-0.1, -0.05) is 30.3 Å². The van der Waals surface area contributed by atoms with Gasteiger partial charge in [0.2, 0.25) is 0 Å². The third-order valence-electron chi connectivity index (χ3n) is 3.81. The first-order valence-corrected chi connectivity index (χ1v) is 6.48. The van der Waals surface area contributed by atoms with E-state index < -0.39 is 11.4 Å². The molecule has 0 N–H and O–H groups in total. The highest BCUT2D eigenvalue weighted by Crippen LogP contribution is 2.45. The topological polar surface area (TPSA) is 43.4 Å². The molecule has 3 nitrogen and oxygen atoms in total. The van der Waals surface area contributed by atoms with E-state index in [0.29, 0.717) is 6.42 Å². The molecule has 100 valence electrons. The molecule has 1 aromatic rings. The molecule has 0 fully saturated rings. The molecule has 0 aliphatic heterocycles. The average molecular weight is 258 g/mol. The Hall–Kier alpha value is -1.90. The number of rotatable bonds is 4. The number of esters is 1. The zero-order chi connectivity index (χ0) is 14.0. The van der Waals surface area contributed by atoms with E-state index in [0.717, 1.165) is 11.1 Å². The molecule has 3 heteroatoms. The summed E-state index contributed by atoms with van der Waals surface area (Å²) in [6.07, 6.45) is 0.626. The van der Waals surface area contributed by atoms with Crippen LogP contribution in [-0.2, 0) is 20.7 Å². The van der Waals surface area contributed by atoms with Crippen molar-refractivity contribution in [1.29, 1.82) is 0 Å². The van der Waals surface area contributed by atoms with Gasteiger partial charge in [-0.25, -0.2) is 4.79 Å². The monoisotopic (exact) mass is 258 g/mol. The van der Waals surface area contributed by atoms with Crippen molar-refractivity contribution in [1.82, 2.24) is 0 Å². The summed E-state index contributed by atoms with van der Waals surface area (Å²) >= 11 is 0. The number of carbonyl (C=O) groups is 2. The van der Waals surface area contributed by atoms with Crippen LogP contribution in [0.2, 0.25) is 0 Å². The lowest BCUT2D eigenvalue weighted by molar-refractivity contribution is -0.143. The molecule has 1 unspecified atom stereocenters. The lowest BCUT2D eigenvalue weighted by atomic mass is 9.61. The second-order valence-electron chi connectivity index (χ2n) is 5.04. The van der Waals surface area contributed by atoms with Gasteiger partial charge >= 0.3 is 5.97 Å². The van der Waals surface area contributed by atoms with Gasteiger partial charge in [-0.3, -0.25) is 4.79 Å². The van der Waals surface area contributed by atoms with Gasteiger partial charge in [0.25, 0.3) is 0 Å². The smallest absolute Gasteiger partial charge is 0.341 e. The first kappa shape index (κ1) is 13.5. The van der Waals surface area contributed by atoms with Crippen molar-refractivity contribution in [3.05, 3.63) is 47.0 Å². The lowest BCUT2D eigenvalue weighted by Crippen LogP contribution is -2.45. The number of hydrogen-bond acceptors (Lipinski definition) is 3. The molecule has 2 rings (SSSR count). The Balaban J connectivity index is 2.23. The minimum absolute atomic E-state index is 0.104. The van der Waals surface area contributed by atoms with Crippen molar-refractivity contribution in [2.75, 3.05) is 6.61 Å². The van der Waals surface area contributed by atoms with Crippen LogP contribution < -0.4 is 0 Å². The molecule has 0 saturated heterocycles. The average Bonchev–Trinajstić information content (AvgIpc) is 2.40.